The van der Waals surface area contributed by atoms with E-state index >= 15 is 0 Å². The molecular weight excluding hydrogens is 841 g/mol. The maximum absolute atomic E-state index is 8.82. The van der Waals surface area contributed by atoms with Gasteiger partial charge in [-0.3, -0.25) is 4.57 Å². The summed E-state index contributed by atoms with van der Waals surface area (Å²) in [7, 11) is 0. The Balaban J connectivity index is 1.08. The number of ether oxygens (including phenoxy) is 1. The van der Waals surface area contributed by atoms with Crippen LogP contribution >= 0.6 is 0 Å². The molecule has 5 heteroatoms. The molecule has 5 nitrogen and oxygen atoms in total. The maximum atomic E-state index is 8.82. The van der Waals surface area contributed by atoms with Crippen molar-refractivity contribution in [2.24, 2.45) is 0 Å². The molecule has 0 atom stereocenters. The van der Waals surface area contributed by atoms with Crippen molar-refractivity contribution < 1.29 is 11.6 Å². The van der Waals surface area contributed by atoms with Gasteiger partial charge in [-0.2, -0.15) is 0 Å². The third kappa shape index (κ3) is 6.96. The zero-order chi connectivity index (χ0) is 50.6. The fraction of sp³-hybridized carbons (Fsp3) is 0.0781. The molecule has 11 aromatic rings. The van der Waals surface area contributed by atoms with Gasteiger partial charge in [0.25, 0.3) is 0 Å². The Morgan fingerprint density at radius 2 is 1.19 bits per heavy atom. The fourth-order valence-corrected chi connectivity index (χ4v) is 10.3. The SMILES string of the molecule is [2H]c1c([2H])c([2H])c(-c2ccc3c(c2)c2ccc4cc2n3-c2cccc(n2)-c2cccc(c2)-c2ccccc2-c2cc(C(C)(C)C)cc(-c3ccccc3)c2N2CN(c3cccc(c3)O4)c3ccccc32)c([2H])c1[2H]. The minimum Gasteiger partial charge on any atom is -0.457 e. The van der Waals surface area contributed by atoms with Gasteiger partial charge in [-0.05, 0) is 123 Å². The van der Waals surface area contributed by atoms with Gasteiger partial charge in [0.1, 0.15) is 24.0 Å². The van der Waals surface area contributed by atoms with Gasteiger partial charge in [-0.15, -0.1) is 0 Å². The van der Waals surface area contributed by atoms with Crippen LogP contribution in [0.2, 0.25) is 0 Å². The Kier molecular flexibility index (Phi) is 8.23. The van der Waals surface area contributed by atoms with Crippen molar-refractivity contribution in [1.29, 1.82) is 0 Å². The first-order valence-electron chi connectivity index (χ1n) is 25.9. The second kappa shape index (κ2) is 16.0. The standard InChI is InChI=1S/C64H48N4O/c1-64(2,3)47-37-54(43-19-8-5-9-20-43)63-56(38-47)52-26-11-10-25-51(52)45-21-14-22-46(35-45)57-27-16-30-62(65-57)68-58-34-31-44(42-17-6-4-7-18-42)36-55(58)53-33-32-50(40-61(53)68)69-49-24-15-23-48(39-49)66-41-67(63)60-29-13-12-28-59(60)66/h4-40H,41H2,1-3H3/i4D,6D,7D,17D,18D. The van der Waals surface area contributed by atoms with E-state index in [1.54, 1.807) is 0 Å². The van der Waals surface area contributed by atoms with E-state index in [2.05, 4.69) is 163 Å². The number of hydrogen-bond donors (Lipinski definition) is 0. The minimum absolute atomic E-state index is 0.151. The lowest BCUT2D eigenvalue weighted by Crippen LogP contribution is -2.25. The van der Waals surface area contributed by atoms with Gasteiger partial charge in [0.2, 0.25) is 0 Å². The second-order valence-corrected chi connectivity index (χ2v) is 18.9. The van der Waals surface area contributed by atoms with Crippen LogP contribution < -0.4 is 14.5 Å². The largest absolute Gasteiger partial charge is 0.457 e. The minimum atomic E-state index is -0.423. The second-order valence-electron chi connectivity index (χ2n) is 18.9. The van der Waals surface area contributed by atoms with Crippen LogP contribution in [0.15, 0.2) is 224 Å². The number of rotatable bonds is 2. The summed E-state index contributed by atoms with van der Waals surface area (Å²) < 4.78 is 51.7. The summed E-state index contributed by atoms with van der Waals surface area (Å²) in [6, 6.07) is 66.0. The topological polar surface area (TPSA) is 33.5 Å². The third-order valence-electron chi connectivity index (χ3n) is 13.6. The van der Waals surface area contributed by atoms with Crippen LogP contribution in [0.5, 0.6) is 11.5 Å². The zero-order valence-electron chi connectivity index (χ0n) is 43.4. The molecule has 0 N–H and O–H groups in total. The zero-order valence-corrected chi connectivity index (χ0v) is 38.4. The van der Waals surface area contributed by atoms with Crippen molar-refractivity contribution in [1.82, 2.24) is 9.55 Å². The van der Waals surface area contributed by atoms with E-state index < -0.39 is 6.04 Å². The maximum Gasteiger partial charge on any atom is 0.138 e. The summed E-state index contributed by atoms with van der Waals surface area (Å²) in [5.74, 6) is 1.97. The van der Waals surface area contributed by atoms with Crippen molar-refractivity contribution in [2.45, 2.75) is 26.2 Å². The van der Waals surface area contributed by atoms with Gasteiger partial charge in [0, 0.05) is 45.3 Å². The lowest BCUT2D eigenvalue weighted by Gasteiger charge is -2.31. The third-order valence-corrected chi connectivity index (χ3v) is 13.6. The van der Waals surface area contributed by atoms with Gasteiger partial charge in [-0.25, -0.2) is 4.98 Å². The molecule has 4 heterocycles. The van der Waals surface area contributed by atoms with E-state index in [4.69, 9.17) is 16.6 Å². The number of pyridine rings is 1. The molecule has 330 valence electrons. The predicted octanol–water partition coefficient (Wildman–Crippen LogP) is 17.2. The summed E-state index contributed by atoms with van der Waals surface area (Å²) in [6.07, 6.45) is 0. The average Bonchev–Trinajstić information content (AvgIpc) is 3.97. The Bertz CT molecular complexity index is 4080. The molecule has 10 bridgehead atoms. The summed E-state index contributed by atoms with van der Waals surface area (Å²) in [5.41, 5.74) is 16.1. The number of benzene rings is 9. The Morgan fingerprint density at radius 1 is 0.478 bits per heavy atom. The van der Waals surface area contributed by atoms with Crippen LogP contribution in [-0.4, -0.2) is 16.2 Å². The molecule has 0 fully saturated rings. The van der Waals surface area contributed by atoms with E-state index in [0.29, 0.717) is 29.5 Å². The number of para-hydroxylation sites is 2. The molecular formula is C64H48N4O. The highest BCUT2D eigenvalue weighted by atomic mass is 16.5. The van der Waals surface area contributed by atoms with E-state index in [9.17, 15) is 0 Å². The van der Waals surface area contributed by atoms with Crippen LogP contribution in [0.1, 0.15) is 33.2 Å². The first kappa shape index (κ1) is 35.5. The molecule has 13 rings (SSSR count). The molecule has 0 unspecified atom stereocenters. The first-order valence-corrected chi connectivity index (χ1v) is 23.4. The van der Waals surface area contributed by atoms with E-state index in [-0.39, 0.29) is 35.1 Å². The predicted molar refractivity (Wildman–Crippen MR) is 287 cm³/mol. The molecule has 0 amide bonds. The summed E-state index contributed by atoms with van der Waals surface area (Å²) >= 11 is 0. The molecule has 9 aromatic carbocycles. The van der Waals surface area contributed by atoms with Crippen molar-refractivity contribution in [3.63, 3.8) is 0 Å². The lowest BCUT2D eigenvalue weighted by molar-refractivity contribution is 0.483. The number of nitrogens with zero attached hydrogens (tertiary/aromatic N) is 4. The van der Waals surface area contributed by atoms with E-state index in [1.807, 2.05) is 66.7 Å². The summed E-state index contributed by atoms with van der Waals surface area (Å²) in [5, 5.41) is 1.72. The fourth-order valence-electron chi connectivity index (χ4n) is 10.3. The van der Waals surface area contributed by atoms with E-state index in [0.717, 1.165) is 89.2 Å². The molecule has 0 aliphatic carbocycles. The van der Waals surface area contributed by atoms with Crippen molar-refractivity contribution in [3.05, 3.63) is 230 Å². The highest BCUT2D eigenvalue weighted by Crippen LogP contribution is 2.53. The monoisotopic (exact) mass is 893 g/mol. The number of aromatic nitrogens is 2. The first-order chi connectivity index (χ1) is 35.9. The van der Waals surface area contributed by atoms with E-state index in [1.165, 1.54) is 5.56 Å². The Labute approximate surface area is 409 Å². The highest BCUT2D eigenvalue weighted by molar-refractivity contribution is 6.11. The molecule has 69 heavy (non-hydrogen) atoms. The van der Waals surface area contributed by atoms with Gasteiger partial charge in [0.05, 0.1) is 40.6 Å². The van der Waals surface area contributed by atoms with Crippen molar-refractivity contribution in [2.75, 3.05) is 16.5 Å². The lowest BCUT2D eigenvalue weighted by atomic mass is 9.81. The normalized spacial score (nSPS) is 13.9. The molecule has 0 saturated carbocycles. The summed E-state index contributed by atoms with van der Waals surface area (Å²) in [4.78, 5) is 10.3. The van der Waals surface area contributed by atoms with Gasteiger partial charge in [-0.1, -0.05) is 154 Å². The quantitative estimate of drug-likeness (QED) is 0.173. The van der Waals surface area contributed by atoms with Crippen LogP contribution in [0.3, 0.4) is 0 Å². The van der Waals surface area contributed by atoms with Crippen LogP contribution in [0.25, 0.3) is 83.4 Å². The molecule has 0 spiro atoms. The molecule has 2 aromatic heterocycles. The Morgan fingerprint density at radius 3 is 2.03 bits per heavy atom. The van der Waals surface area contributed by atoms with Crippen LogP contribution in [0, 0.1) is 0 Å². The molecule has 2 aliphatic heterocycles. The summed E-state index contributed by atoms with van der Waals surface area (Å²) in [6.45, 7) is 7.40. The van der Waals surface area contributed by atoms with Gasteiger partial charge >= 0.3 is 0 Å². The highest BCUT2D eigenvalue weighted by Gasteiger charge is 2.33. The smallest absolute Gasteiger partial charge is 0.138 e. The van der Waals surface area contributed by atoms with Gasteiger partial charge < -0.3 is 14.5 Å². The number of anilines is 4. The van der Waals surface area contributed by atoms with Crippen molar-refractivity contribution >= 4 is 44.6 Å². The molecule has 2 aliphatic rings. The van der Waals surface area contributed by atoms with Crippen LogP contribution in [-0.2, 0) is 5.41 Å². The molecule has 0 radical (unpaired) electrons. The van der Waals surface area contributed by atoms with Crippen LogP contribution in [0.4, 0.5) is 22.7 Å². The number of hydrogen-bond acceptors (Lipinski definition) is 4. The van der Waals surface area contributed by atoms with Gasteiger partial charge in [0.15, 0.2) is 0 Å². The van der Waals surface area contributed by atoms with Crippen molar-refractivity contribution in [3.8, 4) is 73.1 Å². The Hall–Kier alpha value is -8.67. The number of fused-ring (bicyclic) bond motifs is 23. The molecule has 0 saturated heterocycles. The average molecular weight is 894 g/mol.